The molecule has 0 rings (SSSR count). The molecule has 0 unspecified atom stereocenters. The number of alkyl halides is 2. The van der Waals surface area contributed by atoms with Gasteiger partial charge in [-0.1, -0.05) is 64.2 Å². The SMILES string of the molecule is [CH2-]CCCCCCCCCl.[CH2-]CCCCCCCCCl.[Zn+2]. The Morgan fingerprint density at radius 3 is 0.905 bits per heavy atom. The summed E-state index contributed by atoms with van der Waals surface area (Å²) in [6.45, 7) is 7.60. The van der Waals surface area contributed by atoms with E-state index < -0.39 is 0 Å². The first-order valence-corrected chi connectivity index (χ1v) is 9.60. The zero-order valence-corrected chi connectivity index (χ0v) is 18.7. The summed E-state index contributed by atoms with van der Waals surface area (Å²) in [5, 5.41) is 0. The second-order valence-electron chi connectivity index (χ2n) is 5.33. The van der Waals surface area contributed by atoms with Crippen LogP contribution in [0, 0.1) is 13.8 Å². The molecule has 0 aromatic heterocycles. The van der Waals surface area contributed by atoms with E-state index in [1.165, 1.54) is 77.0 Å². The molecule has 0 nitrogen and oxygen atoms in total. The molecule has 0 fully saturated rings. The maximum atomic E-state index is 5.53. The first-order chi connectivity index (χ1) is 9.83. The van der Waals surface area contributed by atoms with Gasteiger partial charge in [-0.2, -0.15) is 12.8 Å². The van der Waals surface area contributed by atoms with Crippen molar-refractivity contribution in [1.29, 1.82) is 0 Å². The molecule has 0 amide bonds. The summed E-state index contributed by atoms with van der Waals surface area (Å²) in [6, 6.07) is 0. The molecule has 0 aliphatic heterocycles. The Labute approximate surface area is 157 Å². The minimum Gasteiger partial charge on any atom is -0.343 e. The van der Waals surface area contributed by atoms with Gasteiger partial charge in [0.2, 0.25) is 0 Å². The summed E-state index contributed by atoms with van der Waals surface area (Å²) >= 11 is 11.1. The van der Waals surface area contributed by atoms with Crippen LogP contribution < -0.4 is 0 Å². The summed E-state index contributed by atoms with van der Waals surface area (Å²) in [4.78, 5) is 0. The van der Waals surface area contributed by atoms with E-state index in [0.29, 0.717) is 0 Å². The molecule has 0 spiro atoms. The Hall–Kier alpha value is 1.20. The van der Waals surface area contributed by atoms with Crippen molar-refractivity contribution in [2.45, 2.75) is 89.9 Å². The molecule has 3 heteroatoms. The molecule has 0 saturated heterocycles. The van der Waals surface area contributed by atoms with Crippen LogP contribution in [0.5, 0.6) is 0 Å². The molecule has 124 valence electrons. The third-order valence-electron chi connectivity index (χ3n) is 3.27. The molecule has 0 aliphatic rings. The summed E-state index contributed by atoms with van der Waals surface area (Å²) < 4.78 is 0. The van der Waals surface area contributed by atoms with Crippen molar-refractivity contribution in [3.63, 3.8) is 0 Å². The number of hydrogen-bond donors (Lipinski definition) is 0. The summed E-state index contributed by atoms with van der Waals surface area (Å²) in [7, 11) is 0. The zero-order valence-electron chi connectivity index (χ0n) is 14.2. The van der Waals surface area contributed by atoms with Gasteiger partial charge in [0.25, 0.3) is 0 Å². The summed E-state index contributed by atoms with van der Waals surface area (Å²) in [5.41, 5.74) is 0. The van der Waals surface area contributed by atoms with Crippen LogP contribution in [0.1, 0.15) is 89.9 Å². The average molecular weight is 389 g/mol. The third kappa shape index (κ3) is 33.8. The molecule has 0 aliphatic carbocycles. The zero-order chi connectivity index (χ0) is 15.3. The van der Waals surface area contributed by atoms with Gasteiger partial charge in [-0.25, -0.2) is 0 Å². The predicted octanol–water partition coefficient (Wildman–Crippen LogP) is 7.58. The largest absolute Gasteiger partial charge is 2.00 e. The predicted molar refractivity (Wildman–Crippen MR) is 96.8 cm³/mol. The van der Waals surface area contributed by atoms with Gasteiger partial charge < -0.3 is 13.8 Å². The summed E-state index contributed by atoms with van der Waals surface area (Å²) in [6.07, 6.45) is 17.9. The molecule has 0 atom stereocenters. The van der Waals surface area contributed by atoms with Crippen molar-refractivity contribution in [3.8, 4) is 0 Å². The van der Waals surface area contributed by atoms with E-state index in [-0.39, 0.29) is 19.5 Å². The van der Waals surface area contributed by atoms with Crippen LogP contribution in [-0.4, -0.2) is 11.8 Å². The minimum atomic E-state index is 0. The van der Waals surface area contributed by atoms with Crippen LogP contribution in [-0.2, 0) is 19.5 Å². The number of unbranched alkanes of at least 4 members (excludes halogenated alkanes) is 12. The van der Waals surface area contributed by atoms with Crippen molar-refractivity contribution < 1.29 is 19.5 Å². The van der Waals surface area contributed by atoms with Gasteiger partial charge in [0, 0.05) is 11.8 Å². The van der Waals surface area contributed by atoms with Gasteiger partial charge in [0.15, 0.2) is 0 Å². The van der Waals surface area contributed by atoms with E-state index in [0.717, 1.165) is 24.6 Å². The van der Waals surface area contributed by atoms with E-state index in [4.69, 9.17) is 23.2 Å². The van der Waals surface area contributed by atoms with Crippen molar-refractivity contribution >= 4 is 23.2 Å². The van der Waals surface area contributed by atoms with E-state index in [9.17, 15) is 0 Å². The van der Waals surface area contributed by atoms with Crippen molar-refractivity contribution in [1.82, 2.24) is 0 Å². The van der Waals surface area contributed by atoms with Crippen LogP contribution in [0.2, 0.25) is 0 Å². The van der Waals surface area contributed by atoms with Crippen LogP contribution in [0.15, 0.2) is 0 Å². The maximum absolute atomic E-state index is 5.53. The topological polar surface area (TPSA) is 0 Å². The van der Waals surface area contributed by atoms with Gasteiger partial charge in [0.1, 0.15) is 0 Å². The standard InChI is InChI=1S/2C9H18Cl.Zn/c2*1-2-3-4-5-6-7-8-9-10;/h2*1-9H2;/q2*-1;+2. The van der Waals surface area contributed by atoms with E-state index in [1.807, 2.05) is 0 Å². The quantitative estimate of drug-likeness (QED) is 0.124. The molecule has 0 radical (unpaired) electrons. The molecule has 0 heterocycles. The second-order valence-corrected chi connectivity index (χ2v) is 6.08. The Balaban J connectivity index is -0.000000295. The smallest absolute Gasteiger partial charge is 0.343 e. The van der Waals surface area contributed by atoms with Gasteiger partial charge in [-0.15, -0.1) is 23.2 Å². The Kier molecular flexibility index (Phi) is 37.7. The van der Waals surface area contributed by atoms with Crippen LogP contribution >= 0.6 is 23.2 Å². The summed E-state index contributed by atoms with van der Waals surface area (Å²) in [5.74, 6) is 1.66. The first kappa shape index (κ1) is 27.1. The molecule has 21 heavy (non-hydrogen) atoms. The fourth-order valence-electron chi connectivity index (χ4n) is 1.96. The van der Waals surface area contributed by atoms with E-state index in [2.05, 4.69) is 13.8 Å². The normalized spacial score (nSPS) is 9.71. The van der Waals surface area contributed by atoms with Crippen molar-refractivity contribution in [2.75, 3.05) is 11.8 Å². The molecule has 0 aromatic rings. The molecule has 0 saturated carbocycles. The molecule has 0 bridgehead atoms. The van der Waals surface area contributed by atoms with E-state index in [1.54, 1.807) is 0 Å². The van der Waals surface area contributed by atoms with Crippen molar-refractivity contribution in [3.05, 3.63) is 13.8 Å². The fraction of sp³-hybridized carbons (Fsp3) is 0.889. The van der Waals surface area contributed by atoms with Crippen LogP contribution in [0.25, 0.3) is 0 Å². The maximum Gasteiger partial charge on any atom is 2.00 e. The fourth-order valence-corrected chi connectivity index (χ4v) is 2.33. The van der Waals surface area contributed by atoms with E-state index >= 15 is 0 Å². The first-order valence-electron chi connectivity index (χ1n) is 8.53. The number of rotatable bonds is 14. The van der Waals surface area contributed by atoms with Crippen LogP contribution in [0.4, 0.5) is 0 Å². The van der Waals surface area contributed by atoms with Gasteiger partial charge >= 0.3 is 19.5 Å². The second kappa shape index (κ2) is 29.2. The van der Waals surface area contributed by atoms with Gasteiger partial charge in [-0.05, 0) is 12.8 Å². The van der Waals surface area contributed by atoms with Gasteiger partial charge in [-0.3, -0.25) is 0 Å². The Morgan fingerprint density at radius 1 is 0.429 bits per heavy atom. The monoisotopic (exact) mass is 386 g/mol. The van der Waals surface area contributed by atoms with Crippen molar-refractivity contribution in [2.24, 2.45) is 0 Å². The average Bonchev–Trinajstić information content (AvgIpc) is 2.47. The Morgan fingerprint density at radius 2 is 0.667 bits per heavy atom. The van der Waals surface area contributed by atoms with Gasteiger partial charge in [0.05, 0.1) is 0 Å². The third-order valence-corrected chi connectivity index (χ3v) is 3.80. The number of halogens is 2. The minimum absolute atomic E-state index is 0. The molecular weight excluding hydrogens is 352 g/mol. The Bertz CT molecular complexity index is 111. The molecule has 0 N–H and O–H groups in total. The molecular formula is C18H36Cl2Zn. The van der Waals surface area contributed by atoms with Crippen LogP contribution in [0.3, 0.4) is 0 Å². The number of hydrogen-bond acceptors (Lipinski definition) is 0. The molecule has 0 aromatic carbocycles.